The van der Waals surface area contributed by atoms with E-state index in [1.54, 1.807) is 0 Å². The molecule has 0 spiro atoms. The molecule has 4 heteroatoms. The summed E-state index contributed by atoms with van der Waals surface area (Å²) in [5.41, 5.74) is 2.41. The predicted octanol–water partition coefficient (Wildman–Crippen LogP) is 3.98. The highest BCUT2D eigenvalue weighted by Crippen LogP contribution is 2.30. The molecule has 1 heterocycles. The van der Waals surface area contributed by atoms with Crippen molar-refractivity contribution in [2.45, 2.75) is 64.8 Å². The molecule has 114 valence electrons. The second-order valence-electron chi connectivity index (χ2n) is 6.16. The molecule has 1 fully saturated rings. The molecule has 1 aromatic rings. The Hall–Kier alpha value is -0.350. The van der Waals surface area contributed by atoms with Crippen LogP contribution in [0.3, 0.4) is 0 Å². The molecule has 1 unspecified atom stereocenters. The molecule has 2 rings (SSSR count). The van der Waals surface area contributed by atoms with Crippen molar-refractivity contribution in [3.63, 3.8) is 0 Å². The number of halogens is 1. The standard InChI is InChI=1S/C16H28BrN3/c1-4-18-14(10-9-13-7-5-6-8-13)11-15-16(17)12(2)19-20(15)3/h13-14,18H,4-11H2,1-3H3. The number of aryl methyl sites for hydroxylation is 2. The molecule has 1 aliphatic carbocycles. The van der Waals surface area contributed by atoms with Crippen molar-refractivity contribution in [1.82, 2.24) is 15.1 Å². The Labute approximate surface area is 131 Å². The van der Waals surface area contributed by atoms with Gasteiger partial charge in [0.15, 0.2) is 0 Å². The molecule has 1 atom stereocenters. The van der Waals surface area contributed by atoms with E-state index in [9.17, 15) is 0 Å². The zero-order valence-corrected chi connectivity index (χ0v) is 14.7. The molecule has 0 bridgehead atoms. The summed E-state index contributed by atoms with van der Waals surface area (Å²) in [4.78, 5) is 0. The van der Waals surface area contributed by atoms with Crippen molar-refractivity contribution in [3.8, 4) is 0 Å². The van der Waals surface area contributed by atoms with Crippen molar-refractivity contribution in [1.29, 1.82) is 0 Å². The van der Waals surface area contributed by atoms with Gasteiger partial charge in [0.1, 0.15) is 0 Å². The van der Waals surface area contributed by atoms with Crippen LogP contribution >= 0.6 is 15.9 Å². The van der Waals surface area contributed by atoms with Gasteiger partial charge in [-0.15, -0.1) is 0 Å². The minimum atomic E-state index is 0.576. The van der Waals surface area contributed by atoms with Crippen molar-refractivity contribution in [2.24, 2.45) is 13.0 Å². The number of hydrogen-bond donors (Lipinski definition) is 1. The second-order valence-corrected chi connectivity index (χ2v) is 6.95. The Morgan fingerprint density at radius 2 is 2.10 bits per heavy atom. The first-order valence-corrected chi connectivity index (χ1v) is 8.82. The number of hydrogen-bond acceptors (Lipinski definition) is 2. The van der Waals surface area contributed by atoms with E-state index >= 15 is 0 Å². The predicted molar refractivity (Wildman–Crippen MR) is 88.0 cm³/mol. The lowest BCUT2D eigenvalue weighted by Crippen LogP contribution is -2.32. The SMILES string of the molecule is CCNC(CCC1CCCC1)Cc1c(Br)c(C)nn1C. The normalized spacial score (nSPS) is 17.8. The fourth-order valence-electron chi connectivity index (χ4n) is 3.44. The third kappa shape index (κ3) is 4.08. The van der Waals surface area contributed by atoms with Crippen LogP contribution in [-0.2, 0) is 13.5 Å². The molecule has 1 N–H and O–H groups in total. The van der Waals surface area contributed by atoms with Crippen LogP contribution in [0.5, 0.6) is 0 Å². The number of nitrogens with zero attached hydrogens (tertiary/aromatic N) is 2. The van der Waals surface area contributed by atoms with E-state index in [2.05, 4.69) is 40.2 Å². The first kappa shape index (κ1) is 16.0. The van der Waals surface area contributed by atoms with Crippen LogP contribution in [0.4, 0.5) is 0 Å². The van der Waals surface area contributed by atoms with Crippen LogP contribution < -0.4 is 5.32 Å². The second kappa shape index (κ2) is 7.60. The Morgan fingerprint density at radius 1 is 1.40 bits per heavy atom. The average molecular weight is 342 g/mol. The summed E-state index contributed by atoms with van der Waals surface area (Å²) in [6.07, 6.45) is 9.53. The van der Waals surface area contributed by atoms with E-state index in [0.29, 0.717) is 6.04 Å². The van der Waals surface area contributed by atoms with Crippen molar-refractivity contribution >= 4 is 15.9 Å². The zero-order chi connectivity index (χ0) is 14.5. The highest BCUT2D eigenvalue weighted by molar-refractivity contribution is 9.10. The summed E-state index contributed by atoms with van der Waals surface area (Å²) < 4.78 is 3.21. The van der Waals surface area contributed by atoms with Crippen LogP contribution in [-0.4, -0.2) is 22.4 Å². The van der Waals surface area contributed by atoms with Crippen molar-refractivity contribution in [3.05, 3.63) is 15.9 Å². The Morgan fingerprint density at radius 3 is 2.65 bits per heavy atom. The van der Waals surface area contributed by atoms with E-state index in [4.69, 9.17) is 0 Å². The van der Waals surface area contributed by atoms with Gasteiger partial charge in [0.25, 0.3) is 0 Å². The highest BCUT2D eigenvalue weighted by atomic mass is 79.9. The lowest BCUT2D eigenvalue weighted by atomic mass is 9.96. The topological polar surface area (TPSA) is 29.9 Å². The van der Waals surface area contributed by atoms with Gasteiger partial charge in [0, 0.05) is 19.5 Å². The van der Waals surface area contributed by atoms with Gasteiger partial charge in [-0.25, -0.2) is 0 Å². The van der Waals surface area contributed by atoms with Gasteiger partial charge < -0.3 is 5.32 Å². The average Bonchev–Trinajstić information content (AvgIpc) is 3.00. The highest BCUT2D eigenvalue weighted by Gasteiger charge is 2.19. The van der Waals surface area contributed by atoms with Crippen LogP contribution in [0.1, 0.15) is 56.8 Å². The maximum Gasteiger partial charge on any atom is 0.0738 e. The molecule has 1 aliphatic rings. The molecule has 0 aliphatic heterocycles. The molecule has 0 amide bonds. The molecule has 0 radical (unpaired) electrons. The number of rotatable bonds is 7. The monoisotopic (exact) mass is 341 g/mol. The van der Waals surface area contributed by atoms with E-state index in [-0.39, 0.29) is 0 Å². The molecular weight excluding hydrogens is 314 g/mol. The van der Waals surface area contributed by atoms with Crippen molar-refractivity contribution in [2.75, 3.05) is 6.54 Å². The van der Waals surface area contributed by atoms with E-state index in [0.717, 1.165) is 24.6 Å². The summed E-state index contributed by atoms with van der Waals surface area (Å²) in [5, 5.41) is 8.16. The smallest absolute Gasteiger partial charge is 0.0738 e. The van der Waals surface area contributed by atoms with Crippen LogP contribution in [0.2, 0.25) is 0 Å². The van der Waals surface area contributed by atoms with Gasteiger partial charge in [-0.2, -0.15) is 5.10 Å². The first-order valence-electron chi connectivity index (χ1n) is 8.03. The van der Waals surface area contributed by atoms with Gasteiger partial charge in [-0.05, 0) is 48.2 Å². The molecule has 1 saturated carbocycles. The van der Waals surface area contributed by atoms with E-state index in [1.165, 1.54) is 48.7 Å². The third-order valence-electron chi connectivity index (χ3n) is 4.59. The fourth-order valence-corrected chi connectivity index (χ4v) is 3.93. The third-order valence-corrected chi connectivity index (χ3v) is 5.62. The van der Waals surface area contributed by atoms with E-state index < -0.39 is 0 Å². The largest absolute Gasteiger partial charge is 0.314 e. The Kier molecular flexibility index (Phi) is 6.09. The molecule has 0 saturated heterocycles. The summed E-state index contributed by atoms with van der Waals surface area (Å²) in [6, 6.07) is 0.576. The maximum absolute atomic E-state index is 4.50. The number of nitrogens with one attached hydrogen (secondary N) is 1. The van der Waals surface area contributed by atoms with Gasteiger partial charge in [0.2, 0.25) is 0 Å². The summed E-state index contributed by atoms with van der Waals surface area (Å²) in [6.45, 7) is 5.31. The Bertz CT molecular complexity index is 422. The van der Waals surface area contributed by atoms with Gasteiger partial charge >= 0.3 is 0 Å². The Balaban J connectivity index is 1.93. The molecule has 0 aromatic carbocycles. The lowest BCUT2D eigenvalue weighted by Gasteiger charge is -2.20. The van der Waals surface area contributed by atoms with Crippen LogP contribution in [0.15, 0.2) is 4.47 Å². The molecular formula is C16H28BrN3. The first-order chi connectivity index (χ1) is 9.61. The molecule has 20 heavy (non-hydrogen) atoms. The van der Waals surface area contributed by atoms with Gasteiger partial charge in [0.05, 0.1) is 15.9 Å². The summed E-state index contributed by atoms with van der Waals surface area (Å²) in [7, 11) is 2.05. The molecule has 1 aromatic heterocycles. The van der Waals surface area contributed by atoms with Crippen LogP contribution in [0.25, 0.3) is 0 Å². The minimum absolute atomic E-state index is 0.576. The van der Waals surface area contributed by atoms with Gasteiger partial charge in [-0.3, -0.25) is 4.68 Å². The zero-order valence-electron chi connectivity index (χ0n) is 13.1. The van der Waals surface area contributed by atoms with E-state index in [1.807, 2.05) is 11.7 Å². The fraction of sp³-hybridized carbons (Fsp3) is 0.812. The summed E-state index contributed by atoms with van der Waals surface area (Å²) >= 11 is 3.69. The number of aromatic nitrogens is 2. The van der Waals surface area contributed by atoms with Crippen LogP contribution in [0, 0.1) is 12.8 Å². The van der Waals surface area contributed by atoms with Gasteiger partial charge in [-0.1, -0.05) is 32.6 Å². The lowest BCUT2D eigenvalue weighted by molar-refractivity contribution is 0.402. The minimum Gasteiger partial charge on any atom is -0.314 e. The van der Waals surface area contributed by atoms with Crippen molar-refractivity contribution < 1.29 is 0 Å². The molecule has 3 nitrogen and oxygen atoms in total. The number of likely N-dealkylation sites (N-methyl/N-ethyl adjacent to an activating group) is 1. The summed E-state index contributed by atoms with van der Waals surface area (Å²) in [5.74, 6) is 0.980. The quantitative estimate of drug-likeness (QED) is 0.812. The maximum atomic E-state index is 4.50.